The van der Waals surface area contributed by atoms with Crippen LogP contribution in [0, 0.1) is 0 Å². The van der Waals surface area contributed by atoms with E-state index in [0.29, 0.717) is 5.02 Å². The average Bonchev–Trinajstić information content (AvgIpc) is 2.25. The summed E-state index contributed by atoms with van der Waals surface area (Å²) in [6.45, 7) is 1.55. The maximum atomic E-state index is 12.1. The van der Waals surface area contributed by atoms with Gasteiger partial charge in [-0.3, -0.25) is 4.79 Å². The van der Waals surface area contributed by atoms with E-state index in [-0.39, 0.29) is 12.0 Å². The smallest absolute Gasteiger partial charge is 0.207 e. The third-order valence-corrected chi connectivity index (χ3v) is 5.63. The lowest BCUT2D eigenvalue weighted by molar-refractivity contribution is 0.0970. The Hall–Kier alpha value is -0.580. The zero-order valence-electron chi connectivity index (χ0n) is 9.41. The van der Waals surface area contributed by atoms with Crippen molar-refractivity contribution in [2.24, 2.45) is 0 Å². The normalized spacial score (nSPS) is 15.3. The molecule has 1 aromatic rings. The van der Waals surface area contributed by atoms with Gasteiger partial charge in [0.25, 0.3) is 0 Å². The molecule has 1 atom stereocenters. The van der Waals surface area contributed by atoms with Gasteiger partial charge in [-0.15, -0.1) is 0 Å². The van der Waals surface area contributed by atoms with Crippen LogP contribution in [0.1, 0.15) is 23.7 Å². The van der Waals surface area contributed by atoms with Gasteiger partial charge in [0.1, 0.15) is 0 Å². The summed E-state index contributed by atoms with van der Waals surface area (Å²) in [6.07, 6.45) is 0.949. The molecule has 0 fully saturated rings. The molecule has 0 N–H and O–H groups in total. The van der Waals surface area contributed by atoms with Gasteiger partial charge in [0.05, 0.1) is 0 Å². The number of halogens is 2. The highest BCUT2D eigenvalue weighted by Gasteiger charge is 2.44. The highest BCUT2D eigenvalue weighted by molar-refractivity contribution is 7.94. The first-order chi connectivity index (χ1) is 7.72. The van der Waals surface area contributed by atoms with E-state index in [2.05, 4.69) is 0 Å². The second-order valence-electron chi connectivity index (χ2n) is 3.69. The van der Waals surface area contributed by atoms with Crippen LogP contribution in [0.2, 0.25) is 5.02 Å². The van der Waals surface area contributed by atoms with Crippen molar-refractivity contribution in [1.82, 2.24) is 0 Å². The Morgan fingerprint density at radius 1 is 1.41 bits per heavy atom. The monoisotopic (exact) mass is 294 g/mol. The van der Waals surface area contributed by atoms with E-state index >= 15 is 0 Å². The number of sulfone groups is 1. The maximum absolute atomic E-state index is 12.1. The molecule has 0 bridgehead atoms. The highest BCUT2D eigenvalue weighted by atomic mass is 35.5. The Morgan fingerprint density at radius 2 is 2.00 bits per heavy atom. The number of carbonyl (C=O) groups is 1. The molecular formula is C11H12Cl2O3S. The number of alkyl halides is 1. The molecule has 0 saturated heterocycles. The van der Waals surface area contributed by atoms with Crippen molar-refractivity contribution in [3.05, 3.63) is 34.9 Å². The van der Waals surface area contributed by atoms with Gasteiger partial charge in [0, 0.05) is 16.8 Å². The zero-order chi connectivity index (χ0) is 13.3. The third-order valence-electron chi connectivity index (χ3n) is 2.47. The van der Waals surface area contributed by atoms with E-state index in [1.54, 1.807) is 19.1 Å². The van der Waals surface area contributed by atoms with Crippen molar-refractivity contribution in [3.63, 3.8) is 0 Å². The number of rotatable bonds is 4. The standard InChI is InChI=1S/C11H12Cl2O3S/c1-3-11(13,17(2,15)16)10(14)8-5-4-6-9(12)7-8/h4-7H,3H2,1-2H3. The van der Waals surface area contributed by atoms with Crippen molar-refractivity contribution < 1.29 is 13.2 Å². The molecule has 0 saturated carbocycles. The van der Waals surface area contributed by atoms with Crippen LogP contribution < -0.4 is 0 Å². The minimum Gasteiger partial charge on any atom is -0.291 e. The van der Waals surface area contributed by atoms with Gasteiger partial charge < -0.3 is 0 Å². The zero-order valence-corrected chi connectivity index (χ0v) is 11.7. The summed E-state index contributed by atoms with van der Waals surface area (Å²) in [4.78, 5) is 12.1. The molecule has 3 nitrogen and oxygen atoms in total. The van der Waals surface area contributed by atoms with E-state index < -0.39 is 19.8 Å². The molecule has 0 aliphatic carbocycles. The Balaban J connectivity index is 3.29. The number of hydrogen-bond acceptors (Lipinski definition) is 3. The van der Waals surface area contributed by atoms with Crippen molar-refractivity contribution in [1.29, 1.82) is 0 Å². The minimum atomic E-state index is -3.70. The van der Waals surface area contributed by atoms with Gasteiger partial charge in [0.2, 0.25) is 4.21 Å². The van der Waals surface area contributed by atoms with Gasteiger partial charge in [-0.05, 0) is 18.6 Å². The molecule has 1 unspecified atom stereocenters. The fourth-order valence-corrected chi connectivity index (χ4v) is 2.71. The highest BCUT2D eigenvalue weighted by Crippen LogP contribution is 2.31. The molecule has 0 amide bonds. The van der Waals surface area contributed by atoms with Crippen LogP contribution in [-0.2, 0) is 9.84 Å². The number of ketones is 1. The second kappa shape index (κ2) is 4.96. The molecular weight excluding hydrogens is 283 g/mol. The van der Waals surface area contributed by atoms with Crippen molar-refractivity contribution in [2.75, 3.05) is 6.26 Å². The van der Waals surface area contributed by atoms with Gasteiger partial charge in [-0.25, -0.2) is 8.42 Å². The summed E-state index contributed by atoms with van der Waals surface area (Å²) in [5.74, 6) is -0.647. The lowest BCUT2D eigenvalue weighted by Crippen LogP contribution is -2.40. The lowest BCUT2D eigenvalue weighted by Gasteiger charge is -2.21. The summed E-state index contributed by atoms with van der Waals surface area (Å²) >= 11 is 11.7. The van der Waals surface area contributed by atoms with Crippen LogP contribution >= 0.6 is 23.2 Å². The topological polar surface area (TPSA) is 51.2 Å². The molecule has 17 heavy (non-hydrogen) atoms. The molecule has 94 valence electrons. The molecule has 0 aliphatic rings. The molecule has 0 spiro atoms. The lowest BCUT2D eigenvalue weighted by atomic mass is 10.1. The molecule has 0 aliphatic heterocycles. The largest absolute Gasteiger partial charge is 0.291 e. The molecule has 6 heteroatoms. The van der Waals surface area contributed by atoms with Crippen molar-refractivity contribution in [2.45, 2.75) is 17.6 Å². The summed E-state index contributed by atoms with van der Waals surface area (Å²) in [5, 5.41) is 0.361. The van der Waals surface area contributed by atoms with Gasteiger partial charge in [0.15, 0.2) is 15.6 Å². The fraction of sp³-hybridized carbons (Fsp3) is 0.364. The van der Waals surface area contributed by atoms with Crippen LogP contribution in [0.3, 0.4) is 0 Å². The Labute approximate surface area is 111 Å². The number of benzene rings is 1. The summed E-state index contributed by atoms with van der Waals surface area (Å²) in [6, 6.07) is 6.07. The van der Waals surface area contributed by atoms with E-state index in [4.69, 9.17) is 23.2 Å². The van der Waals surface area contributed by atoms with Gasteiger partial charge >= 0.3 is 0 Å². The number of carbonyl (C=O) groups excluding carboxylic acids is 1. The predicted octanol–water partition coefficient (Wildman–Crippen LogP) is 2.91. The van der Waals surface area contributed by atoms with E-state index in [1.165, 1.54) is 12.1 Å². The molecule has 1 aromatic carbocycles. The Kier molecular flexibility index (Phi) is 4.23. The fourth-order valence-electron chi connectivity index (χ4n) is 1.44. The molecule has 0 radical (unpaired) electrons. The van der Waals surface area contributed by atoms with E-state index in [1.807, 2.05) is 0 Å². The summed E-state index contributed by atoms with van der Waals surface area (Å²) in [7, 11) is -3.70. The van der Waals surface area contributed by atoms with Crippen LogP contribution in [0.25, 0.3) is 0 Å². The molecule has 0 heterocycles. The SMILES string of the molecule is CCC(Cl)(C(=O)c1cccc(Cl)c1)S(C)(=O)=O. The van der Waals surface area contributed by atoms with Crippen LogP contribution in [0.5, 0.6) is 0 Å². The molecule has 0 aromatic heterocycles. The Bertz CT molecular complexity index is 539. The number of Topliss-reactive ketones (excluding diaryl/α,β-unsaturated/α-hetero) is 1. The average molecular weight is 295 g/mol. The quantitative estimate of drug-likeness (QED) is 0.634. The summed E-state index contributed by atoms with van der Waals surface area (Å²) in [5.41, 5.74) is 0.194. The first kappa shape index (κ1) is 14.5. The Morgan fingerprint density at radius 3 is 2.41 bits per heavy atom. The van der Waals surface area contributed by atoms with E-state index in [0.717, 1.165) is 6.26 Å². The first-order valence-electron chi connectivity index (χ1n) is 4.91. The summed E-state index contributed by atoms with van der Waals surface area (Å²) < 4.78 is 21.3. The molecule has 1 rings (SSSR count). The first-order valence-corrected chi connectivity index (χ1v) is 7.56. The second-order valence-corrected chi connectivity index (χ2v) is 7.24. The van der Waals surface area contributed by atoms with Gasteiger partial charge in [-0.1, -0.05) is 42.3 Å². The number of hydrogen-bond donors (Lipinski definition) is 0. The maximum Gasteiger partial charge on any atom is 0.207 e. The van der Waals surface area contributed by atoms with Crippen LogP contribution in [0.15, 0.2) is 24.3 Å². The van der Waals surface area contributed by atoms with Crippen molar-refractivity contribution >= 4 is 38.8 Å². The van der Waals surface area contributed by atoms with Gasteiger partial charge in [-0.2, -0.15) is 0 Å². The van der Waals surface area contributed by atoms with E-state index in [9.17, 15) is 13.2 Å². The predicted molar refractivity (Wildman–Crippen MR) is 69.5 cm³/mol. The minimum absolute atomic E-state index is 0.00125. The third kappa shape index (κ3) is 2.81. The van der Waals surface area contributed by atoms with Crippen LogP contribution in [0.4, 0.5) is 0 Å². The van der Waals surface area contributed by atoms with Crippen molar-refractivity contribution in [3.8, 4) is 0 Å². The van der Waals surface area contributed by atoms with Crippen LogP contribution in [-0.4, -0.2) is 24.7 Å².